The third-order valence-electron chi connectivity index (χ3n) is 5.22. The van der Waals surface area contributed by atoms with Crippen LogP contribution in [0.15, 0.2) is 91.4 Å². The van der Waals surface area contributed by atoms with E-state index in [1.165, 1.54) is 0 Å². The molecule has 3 heterocycles. The molecular weight excluding hydrogens is 460 g/mol. The maximum Gasteiger partial charge on any atom is 0.181 e. The maximum absolute atomic E-state index is 10.2. The first-order valence-corrected chi connectivity index (χ1v) is 11.4. The van der Waals surface area contributed by atoms with Gasteiger partial charge in [0.2, 0.25) is 0 Å². The van der Waals surface area contributed by atoms with E-state index in [1.54, 1.807) is 24.7 Å². The standard InChI is InChI=1S/C26H22N6O2S/c33-22(16-17-4-2-1-3-5-17)30-26(35)29-19-6-8-20(9-7-19)34-21-12-15-28-25-23(21)31-24(32-25)18-10-13-27-14-11-18/h1-15,22,33H,16H2,(H,28,31,32)(H2,29,30,35). The van der Waals surface area contributed by atoms with Crippen molar-refractivity contribution < 1.29 is 9.84 Å². The highest BCUT2D eigenvalue weighted by atomic mass is 32.1. The van der Waals surface area contributed by atoms with Crippen LogP contribution in [-0.4, -0.2) is 36.4 Å². The minimum Gasteiger partial charge on any atom is -0.455 e. The van der Waals surface area contributed by atoms with Crippen molar-refractivity contribution in [1.82, 2.24) is 25.3 Å². The number of anilines is 1. The van der Waals surface area contributed by atoms with Crippen molar-refractivity contribution in [2.45, 2.75) is 12.6 Å². The molecule has 5 rings (SSSR count). The van der Waals surface area contributed by atoms with Gasteiger partial charge >= 0.3 is 0 Å². The van der Waals surface area contributed by atoms with Crippen LogP contribution < -0.4 is 15.4 Å². The molecule has 0 bridgehead atoms. The molecule has 0 amide bonds. The number of aliphatic hydroxyl groups is 1. The van der Waals surface area contributed by atoms with Crippen molar-refractivity contribution in [3.8, 4) is 22.9 Å². The highest BCUT2D eigenvalue weighted by Crippen LogP contribution is 2.30. The number of pyridine rings is 2. The number of aromatic amines is 1. The second kappa shape index (κ2) is 10.3. The third kappa shape index (κ3) is 5.60. The number of H-pyrrole nitrogens is 1. The monoisotopic (exact) mass is 482 g/mol. The first-order chi connectivity index (χ1) is 17.1. The number of rotatable bonds is 7. The van der Waals surface area contributed by atoms with Crippen LogP contribution in [0.3, 0.4) is 0 Å². The molecule has 0 spiro atoms. The molecule has 0 aliphatic heterocycles. The molecule has 1 atom stereocenters. The molecule has 2 aromatic carbocycles. The summed E-state index contributed by atoms with van der Waals surface area (Å²) in [4.78, 5) is 16.2. The molecule has 0 saturated carbocycles. The number of imidazole rings is 1. The Labute approximate surface area is 207 Å². The van der Waals surface area contributed by atoms with Gasteiger partial charge < -0.3 is 25.5 Å². The number of fused-ring (bicyclic) bond motifs is 1. The zero-order chi connectivity index (χ0) is 24.0. The quantitative estimate of drug-likeness (QED) is 0.196. The van der Waals surface area contributed by atoms with Crippen molar-refractivity contribution in [2.75, 3.05) is 5.32 Å². The fourth-order valence-corrected chi connectivity index (χ4v) is 3.81. The third-order valence-corrected chi connectivity index (χ3v) is 5.44. The van der Waals surface area contributed by atoms with E-state index in [1.807, 2.05) is 66.7 Å². The lowest BCUT2D eigenvalue weighted by atomic mass is 10.1. The molecule has 4 N–H and O–H groups in total. The number of ether oxygens (including phenoxy) is 1. The summed E-state index contributed by atoms with van der Waals surface area (Å²) < 4.78 is 6.09. The summed E-state index contributed by atoms with van der Waals surface area (Å²) >= 11 is 5.33. The van der Waals surface area contributed by atoms with E-state index in [9.17, 15) is 5.11 Å². The molecule has 0 aliphatic carbocycles. The van der Waals surface area contributed by atoms with Crippen LogP contribution in [0.2, 0.25) is 0 Å². The largest absolute Gasteiger partial charge is 0.455 e. The number of aliphatic hydroxyl groups excluding tert-OH is 1. The normalized spacial score (nSPS) is 11.7. The molecule has 9 heteroatoms. The van der Waals surface area contributed by atoms with Crippen LogP contribution in [0.5, 0.6) is 11.5 Å². The van der Waals surface area contributed by atoms with Gasteiger partial charge in [-0.2, -0.15) is 0 Å². The van der Waals surface area contributed by atoms with E-state index in [-0.39, 0.29) is 0 Å². The fraction of sp³-hybridized carbons (Fsp3) is 0.0769. The topological polar surface area (TPSA) is 108 Å². The summed E-state index contributed by atoms with van der Waals surface area (Å²) in [5, 5.41) is 16.5. The van der Waals surface area contributed by atoms with Gasteiger partial charge in [0.25, 0.3) is 0 Å². The number of hydrogen-bond acceptors (Lipinski definition) is 6. The van der Waals surface area contributed by atoms with Gasteiger partial charge in [-0.05, 0) is 54.2 Å². The Morgan fingerprint density at radius 2 is 1.74 bits per heavy atom. The van der Waals surface area contributed by atoms with Gasteiger partial charge in [0.05, 0.1) is 0 Å². The van der Waals surface area contributed by atoms with Gasteiger partial charge in [0.1, 0.15) is 23.3 Å². The highest BCUT2D eigenvalue weighted by Gasteiger charge is 2.12. The highest BCUT2D eigenvalue weighted by molar-refractivity contribution is 7.80. The maximum atomic E-state index is 10.2. The molecule has 174 valence electrons. The molecule has 0 aliphatic rings. The average Bonchev–Trinajstić information content (AvgIpc) is 3.32. The predicted molar refractivity (Wildman–Crippen MR) is 139 cm³/mol. The molecule has 1 unspecified atom stereocenters. The first kappa shape index (κ1) is 22.5. The van der Waals surface area contributed by atoms with E-state index in [4.69, 9.17) is 17.0 Å². The van der Waals surface area contributed by atoms with E-state index in [0.717, 1.165) is 16.8 Å². The fourth-order valence-electron chi connectivity index (χ4n) is 3.56. The summed E-state index contributed by atoms with van der Waals surface area (Å²) in [6.07, 6.45) is 4.75. The SMILES string of the molecule is OC(Cc1ccccc1)NC(=S)Nc1ccc(Oc2ccnc3nc(-c4ccncc4)[nH]c23)cc1. The lowest BCUT2D eigenvalue weighted by Gasteiger charge is -2.16. The molecule has 3 aromatic heterocycles. The van der Waals surface area contributed by atoms with Crippen molar-refractivity contribution >= 4 is 34.2 Å². The Morgan fingerprint density at radius 3 is 2.51 bits per heavy atom. The Hall–Kier alpha value is -4.34. The van der Waals surface area contributed by atoms with E-state index < -0.39 is 6.23 Å². The van der Waals surface area contributed by atoms with E-state index in [0.29, 0.717) is 40.0 Å². The summed E-state index contributed by atoms with van der Waals surface area (Å²) in [5.74, 6) is 1.96. The Kier molecular flexibility index (Phi) is 6.60. The second-order valence-corrected chi connectivity index (χ2v) is 8.17. The lowest BCUT2D eigenvalue weighted by Crippen LogP contribution is -2.38. The zero-order valence-electron chi connectivity index (χ0n) is 18.6. The van der Waals surface area contributed by atoms with E-state index >= 15 is 0 Å². The van der Waals surface area contributed by atoms with Crippen LogP contribution in [0.25, 0.3) is 22.6 Å². The van der Waals surface area contributed by atoms with E-state index in [2.05, 4.69) is 30.6 Å². The van der Waals surface area contributed by atoms with Crippen LogP contribution in [0, 0.1) is 0 Å². The summed E-state index contributed by atoms with van der Waals surface area (Å²) in [5.41, 5.74) is 3.98. The van der Waals surface area contributed by atoms with Crippen LogP contribution in [-0.2, 0) is 6.42 Å². The molecule has 0 saturated heterocycles. The Balaban J connectivity index is 1.22. The molecule has 35 heavy (non-hydrogen) atoms. The molecule has 0 fully saturated rings. The van der Waals surface area contributed by atoms with Crippen molar-refractivity contribution in [3.63, 3.8) is 0 Å². The minimum atomic E-state index is -0.791. The molecular formula is C26H22N6O2S. The zero-order valence-corrected chi connectivity index (χ0v) is 19.4. The van der Waals surface area contributed by atoms with Crippen LogP contribution >= 0.6 is 12.2 Å². The molecule has 5 aromatic rings. The van der Waals surface area contributed by atoms with Crippen molar-refractivity contribution in [1.29, 1.82) is 0 Å². The van der Waals surface area contributed by atoms with Crippen molar-refractivity contribution in [2.24, 2.45) is 0 Å². The summed E-state index contributed by atoms with van der Waals surface area (Å²) in [6.45, 7) is 0. The number of nitrogens with zero attached hydrogens (tertiary/aromatic N) is 3. The molecule has 0 radical (unpaired) electrons. The van der Waals surface area contributed by atoms with Gasteiger partial charge in [-0.15, -0.1) is 0 Å². The van der Waals surface area contributed by atoms with Crippen LogP contribution in [0.4, 0.5) is 5.69 Å². The Bertz CT molecular complexity index is 1430. The minimum absolute atomic E-state index is 0.332. The van der Waals surface area contributed by atoms with Gasteiger partial charge in [0, 0.05) is 42.3 Å². The Morgan fingerprint density at radius 1 is 0.971 bits per heavy atom. The predicted octanol–water partition coefficient (Wildman–Crippen LogP) is 4.66. The van der Waals surface area contributed by atoms with Gasteiger partial charge in [-0.25, -0.2) is 9.97 Å². The second-order valence-electron chi connectivity index (χ2n) is 7.76. The number of hydrogen-bond donors (Lipinski definition) is 4. The number of benzene rings is 2. The average molecular weight is 483 g/mol. The van der Waals surface area contributed by atoms with Crippen molar-refractivity contribution in [3.05, 3.63) is 97.0 Å². The lowest BCUT2D eigenvalue weighted by molar-refractivity contribution is 0.161. The molecule has 8 nitrogen and oxygen atoms in total. The number of nitrogens with one attached hydrogen (secondary N) is 3. The summed E-state index contributed by atoms with van der Waals surface area (Å²) in [7, 11) is 0. The number of aromatic nitrogens is 4. The summed E-state index contributed by atoms with van der Waals surface area (Å²) in [6, 6.07) is 22.6. The number of thiocarbonyl (C=S) groups is 1. The van der Waals surface area contributed by atoms with Gasteiger partial charge in [-0.3, -0.25) is 4.98 Å². The first-order valence-electron chi connectivity index (χ1n) is 11.0. The smallest absolute Gasteiger partial charge is 0.181 e. The van der Waals surface area contributed by atoms with Gasteiger partial charge in [-0.1, -0.05) is 30.3 Å². The van der Waals surface area contributed by atoms with Crippen LogP contribution in [0.1, 0.15) is 5.56 Å². The van der Waals surface area contributed by atoms with Gasteiger partial charge in [0.15, 0.2) is 16.5 Å².